The molecule has 16 heavy (non-hydrogen) atoms. The van der Waals surface area contributed by atoms with E-state index in [0.29, 0.717) is 0 Å². The number of thiophene rings is 1. The van der Waals surface area contributed by atoms with E-state index in [0.717, 1.165) is 6.42 Å². The Bertz CT molecular complexity index is 482. The van der Waals surface area contributed by atoms with Crippen molar-refractivity contribution in [2.24, 2.45) is 0 Å². The molecule has 0 amide bonds. The third-order valence-electron chi connectivity index (χ3n) is 3.00. The van der Waals surface area contributed by atoms with Crippen LogP contribution in [0.25, 0.3) is 10.1 Å². The Hall–Kier alpha value is -0.530. The summed E-state index contributed by atoms with van der Waals surface area (Å²) in [5, 5.41) is 3.72. The summed E-state index contributed by atoms with van der Waals surface area (Å²) in [5.74, 6) is 0. The monoisotopic (exact) mass is 252 g/mol. The van der Waals surface area contributed by atoms with Crippen molar-refractivity contribution in [3.05, 3.63) is 35.2 Å². The van der Waals surface area contributed by atoms with E-state index in [1.807, 2.05) is 11.3 Å². The van der Waals surface area contributed by atoms with Gasteiger partial charge in [-0.05, 0) is 41.2 Å². The van der Waals surface area contributed by atoms with Crippen LogP contribution in [0.3, 0.4) is 0 Å². The fourth-order valence-electron chi connectivity index (χ4n) is 2.34. The van der Waals surface area contributed by atoms with E-state index in [2.05, 4.69) is 50.4 Å². The van der Waals surface area contributed by atoms with Crippen LogP contribution in [0.5, 0.6) is 0 Å². The Morgan fingerprint density at radius 1 is 1.31 bits per heavy atom. The fourth-order valence-corrected chi connectivity index (χ4v) is 3.82. The second kappa shape index (κ2) is 4.38. The van der Waals surface area contributed by atoms with Crippen molar-refractivity contribution in [3.63, 3.8) is 0 Å². The molecule has 2 rings (SSSR count). The molecule has 1 unspecified atom stereocenters. The van der Waals surface area contributed by atoms with Gasteiger partial charge in [-0.25, -0.2) is 0 Å². The van der Waals surface area contributed by atoms with Crippen LogP contribution in [0.2, 0.25) is 0 Å². The van der Waals surface area contributed by atoms with Crippen LogP contribution >= 0.6 is 22.9 Å². The molecular formula is C14H17ClS. The highest BCUT2D eigenvalue weighted by molar-refractivity contribution is 7.17. The van der Waals surface area contributed by atoms with Crippen molar-refractivity contribution in [1.82, 2.24) is 0 Å². The highest BCUT2D eigenvalue weighted by Gasteiger charge is 2.24. The highest BCUT2D eigenvalue weighted by atomic mass is 35.5. The zero-order valence-electron chi connectivity index (χ0n) is 9.96. The molecule has 1 aromatic carbocycles. The predicted octanol–water partition coefficient (Wildman–Crippen LogP) is 5.20. The van der Waals surface area contributed by atoms with Crippen molar-refractivity contribution in [2.45, 2.75) is 38.0 Å². The molecule has 0 radical (unpaired) electrons. The van der Waals surface area contributed by atoms with Crippen LogP contribution in [-0.4, -0.2) is 5.38 Å². The lowest BCUT2D eigenvalue weighted by Gasteiger charge is -2.27. The summed E-state index contributed by atoms with van der Waals surface area (Å²) in [6, 6.07) is 8.74. The molecule has 0 fully saturated rings. The Morgan fingerprint density at radius 2 is 2.06 bits per heavy atom. The van der Waals surface area contributed by atoms with Gasteiger partial charge in [0.05, 0.1) is 0 Å². The minimum absolute atomic E-state index is 0.144. The molecule has 0 saturated carbocycles. The van der Waals surface area contributed by atoms with E-state index >= 15 is 0 Å². The van der Waals surface area contributed by atoms with E-state index in [1.165, 1.54) is 15.6 Å². The molecule has 86 valence electrons. The largest absolute Gasteiger partial charge is 0.144 e. The standard InChI is InChI=1S/C14H17ClS/c1-10(15)9-14(2,3)12-6-4-5-11-7-8-16-13(11)12/h4-8,10H,9H2,1-3H3. The number of fused-ring (bicyclic) bond motifs is 1. The lowest BCUT2D eigenvalue weighted by Crippen LogP contribution is -2.20. The second-order valence-electron chi connectivity index (χ2n) is 5.01. The van der Waals surface area contributed by atoms with Gasteiger partial charge in [0.2, 0.25) is 0 Å². The summed E-state index contributed by atoms with van der Waals surface area (Å²) in [6.07, 6.45) is 1.01. The summed E-state index contributed by atoms with van der Waals surface area (Å²) >= 11 is 7.97. The smallest absolute Gasteiger partial charge is 0.0380 e. The summed E-state index contributed by atoms with van der Waals surface area (Å²) in [6.45, 7) is 6.62. The topological polar surface area (TPSA) is 0 Å². The quantitative estimate of drug-likeness (QED) is 0.659. The van der Waals surface area contributed by atoms with Gasteiger partial charge in [0.1, 0.15) is 0 Å². The van der Waals surface area contributed by atoms with Gasteiger partial charge in [-0.2, -0.15) is 0 Å². The first kappa shape index (κ1) is 11.9. The fraction of sp³-hybridized carbons (Fsp3) is 0.429. The molecule has 1 atom stereocenters. The maximum atomic E-state index is 6.14. The molecule has 0 aliphatic carbocycles. The van der Waals surface area contributed by atoms with Gasteiger partial charge >= 0.3 is 0 Å². The predicted molar refractivity (Wildman–Crippen MR) is 74.8 cm³/mol. The van der Waals surface area contributed by atoms with Gasteiger partial charge in [0.15, 0.2) is 0 Å². The van der Waals surface area contributed by atoms with Gasteiger partial charge in [-0.1, -0.05) is 32.0 Å². The first-order valence-electron chi connectivity index (χ1n) is 5.61. The third kappa shape index (κ3) is 2.26. The van der Waals surface area contributed by atoms with Gasteiger partial charge in [0, 0.05) is 10.1 Å². The van der Waals surface area contributed by atoms with Crippen LogP contribution in [0.4, 0.5) is 0 Å². The second-order valence-corrected chi connectivity index (χ2v) is 6.67. The van der Waals surface area contributed by atoms with E-state index in [-0.39, 0.29) is 10.8 Å². The molecule has 2 aromatic rings. The van der Waals surface area contributed by atoms with Crippen LogP contribution in [0.15, 0.2) is 29.6 Å². The molecular weight excluding hydrogens is 236 g/mol. The van der Waals surface area contributed by atoms with Gasteiger partial charge < -0.3 is 0 Å². The maximum absolute atomic E-state index is 6.14. The molecule has 0 aliphatic heterocycles. The van der Waals surface area contributed by atoms with Crippen molar-refractivity contribution in [1.29, 1.82) is 0 Å². The number of benzene rings is 1. The highest BCUT2D eigenvalue weighted by Crippen LogP contribution is 2.37. The third-order valence-corrected chi connectivity index (χ3v) is 4.12. The first-order chi connectivity index (χ1) is 7.50. The van der Waals surface area contributed by atoms with Crippen LogP contribution in [0, 0.1) is 0 Å². The van der Waals surface area contributed by atoms with Crippen molar-refractivity contribution < 1.29 is 0 Å². The minimum atomic E-state index is 0.144. The summed E-state index contributed by atoms with van der Waals surface area (Å²) in [7, 11) is 0. The molecule has 0 bridgehead atoms. The molecule has 0 N–H and O–H groups in total. The van der Waals surface area contributed by atoms with Crippen LogP contribution in [0.1, 0.15) is 32.8 Å². The summed E-state index contributed by atoms with van der Waals surface area (Å²) in [4.78, 5) is 0. The van der Waals surface area contributed by atoms with Gasteiger partial charge in [-0.15, -0.1) is 22.9 Å². The van der Waals surface area contributed by atoms with E-state index in [4.69, 9.17) is 11.6 Å². The van der Waals surface area contributed by atoms with E-state index in [9.17, 15) is 0 Å². The number of rotatable bonds is 3. The van der Waals surface area contributed by atoms with Crippen molar-refractivity contribution in [3.8, 4) is 0 Å². The van der Waals surface area contributed by atoms with E-state index < -0.39 is 0 Å². The lowest BCUT2D eigenvalue weighted by molar-refractivity contribution is 0.481. The molecule has 0 spiro atoms. The zero-order valence-corrected chi connectivity index (χ0v) is 11.5. The Morgan fingerprint density at radius 3 is 2.75 bits per heavy atom. The molecule has 0 saturated heterocycles. The van der Waals surface area contributed by atoms with Crippen molar-refractivity contribution in [2.75, 3.05) is 0 Å². The normalized spacial score (nSPS) is 14.2. The minimum Gasteiger partial charge on any atom is -0.144 e. The maximum Gasteiger partial charge on any atom is 0.0380 e. The molecule has 0 aliphatic rings. The van der Waals surface area contributed by atoms with Crippen molar-refractivity contribution >= 4 is 33.0 Å². The SMILES string of the molecule is CC(Cl)CC(C)(C)c1cccc2ccsc12. The molecule has 1 heterocycles. The lowest BCUT2D eigenvalue weighted by atomic mass is 9.80. The molecule has 0 nitrogen and oxygen atoms in total. The van der Waals surface area contributed by atoms with Crippen LogP contribution in [-0.2, 0) is 5.41 Å². The molecule has 1 aromatic heterocycles. The Balaban J connectivity index is 2.49. The summed E-state index contributed by atoms with van der Waals surface area (Å²) < 4.78 is 1.41. The van der Waals surface area contributed by atoms with Gasteiger partial charge in [-0.3, -0.25) is 0 Å². The first-order valence-corrected chi connectivity index (χ1v) is 6.93. The van der Waals surface area contributed by atoms with Crippen LogP contribution < -0.4 is 0 Å². The van der Waals surface area contributed by atoms with Gasteiger partial charge in [0.25, 0.3) is 0 Å². The molecule has 2 heteroatoms. The summed E-state index contributed by atoms with van der Waals surface area (Å²) in [5.41, 5.74) is 1.57. The zero-order chi connectivity index (χ0) is 11.8. The average molecular weight is 253 g/mol. The Labute approximate surface area is 106 Å². The number of hydrogen-bond donors (Lipinski definition) is 0. The average Bonchev–Trinajstić information content (AvgIpc) is 2.62. The Kier molecular flexibility index (Phi) is 3.27. The number of hydrogen-bond acceptors (Lipinski definition) is 1. The number of alkyl halides is 1. The number of halogens is 1. The van der Waals surface area contributed by atoms with E-state index in [1.54, 1.807) is 0 Å².